The Labute approximate surface area is 115 Å². The highest BCUT2D eigenvalue weighted by Gasteiger charge is 2.24. The second kappa shape index (κ2) is 8.28. The summed E-state index contributed by atoms with van der Waals surface area (Å²) in [5.74, 6) is 1.55. The molecule has 1 fully saturated rings. The maximum absolute atomic E-state index is 11.2. The monoisotopic (exact) mass is 274 g/mol. The van der Waals surface area contributed by atoms with E-state index in [9.17, 15) is 4.21 Å². The van der Waals surface area contributed by atoms with Crippen molar-refractivity contribution in [3.63, 3.8) is 0 Å². The van der Waals surface area contributed by atoms with Crippen molar-refractivity contribution >= 4 is 10.8 Å². The van der Waals surface area contributed by atoms with Crippen molar-refractivity contribution in [2.45, 2.75) is 52.1 Å². The second-order valence-corrected chi connectivity index (χ2v) is 7.26. The van der Waals surface area contributed by atoms with Crippen LogP contribution in [0, 0.1) is 5.92 Å². The lowest BCUT2D eigenvalue weighted by Crippen LogP contribution is -2.46. The van der Waals surface area contributed by atoms with E-state index in [1.54, 1.807) is 6.26 Å². The van der Waals surface area contributed by atoms with Gasteiger partial charge in [0.25, 0.3) is 0 Å². The van der Waals surface area contributed by atoms with Crippen LogP contribution in [0.1, 0.15) is 40.0 Å². The van der Waals surface area contributed by atoms with Crippen LogP contribution in [-0.4, -0.2) is 52.8 Å². The minimum absolute atomic E-state index is 0.361. The second-order valence-electron chi connectivity index (χ2n) is 5.78. The van der Waals surface area contributed by atoms with Crippen LogP contribution < -0.4 is 5.32 Å². The molecule has 1 N–H and O–H groups in total. The van der Waals surface area contributed by atoms with Crippen molar-refractivity contribution in [3.05, 3.63) is 0 Å². The summed E-state index contributed by atoms with van der Waals surface area (Å²) in [6.45, 7) is 10.4. The molecule has 3 atom stereocenters. The molecule has 1 rings (SSSR count). The van der Waals surface area contributed by atoms with Crippen LogP contribution in [0.4, 0.5) is 0 Å². The number of rotatable bonds is 7. The van der Waals surface area contributed by atoms with Crippen LogP contribution in [-0.2, 0) is 10.8 Å². The van der Waals surface area contributed by atoms with E-state index in [2.05, 4.69) is 31.0 Å². The third-order valence-electron chi connectivity index (χ3n) is 3.91. The van der Waals surface area contributed by atoms with Gasteiger partial charge in [-0.25, -0.2) is 0 Å². The van der Waals surface area contributed by atoms with Gasteiger partial charge in [-0.1, -0.05) is 6.92 Å². The lowest BCUT2D eigenvalue weighted by atomic mass is 9.90. The molecule has 0 aromatic heterocycles. The molecule has 3 unspecified atom stereocenters. The average Bonchev–Trinajstić information content (AvgIpc) is 2.29. The summed E-state index contributed by atoms with van der Waals surface area (Å²) in [4.78, 5) is 2.58. The number of nitrogens with zero attached hydrogens (tertiary/aromatic N) is 1. The van der Waals surface area contributed by atoms with Gasteiger partial charge in [-0.2, -0.15) is 0 Å². The molecule has 3 nitrogen and oxygen atoms in total. The first kappa shape index (κ1) is 16.1. The summed E-state index contributed by atoms with van der Waals surface area (Å²) >= 11 is 0. The molecule has 0 radical (unpaired) electrons. The van der Waals surface area contributed by atoms with E-state index in [4.69, 9.17) is 0 Å². The van der Waals surface area contributed by atoms with Crippen molar-refractivity contribution < 1.29 is 4.21 Å². The van der Waals surface area contributed by atoms with Gasteiger partial charge in [0.1, 0.15) is 0 Å². The largest absolute Gasteiger partial charge is 0.311 e. The highest BCUT2D eigenvalue weighted by molar-refractivity contribution is 7.84. The lowest BCUT2D eigenvalue weighted by molar-refractivity contribution is 0.160. The molecule has 0 aliphatic carbocycles. The third kappa shape index (κ3) is 5.81. The van der Waals surface area contributed by atoms with Crippen LogP contribution in [0.3, 0.4) is 0 Å². The minimum atomic E-state index is -0.696. The highest BCUT2D eigenvalue weighted by atomic mass is 32.2. The zero-order valence-corrected chi connectivity index (χ0v) is 13.3. The number of hydrogen-bond acceptors (Lipinski definition) is 3. The van der Waals surface area contributed by atoms with Gasteiger partial charge in [-0.3, -0.25) is 4.21 Å². The molecule has 108 valence electrons. The Hall–Kier alpha value is 0.0700. The van der Waals surface area contributed by atoms with Gasteiger partial charge >= 0.3 is 0 Å². The SMILES string of the molecule is CCCN1CCC(C(C)NC(C)CS(C)=O)CC1. The summed E-state index contributed by atoms with van der Waals surface area (Å²) in [5, 5.41) is 3.62. The lowest BCUT2D eigenvalue weighted by Gasteiger charge is -2.36. The zero-order valence-electron chi connectivity index (χ0n) is 12.4. The molecular formula is C14H30N2OS. The molecule has 1 aliphatic rings. The van der Waals surface area contributed by atoms with Crippen LogP contribution in [0.5, 0.6) is 0 Å². The van der Waals surface area contributed by atoms with Crippen molar-refractivity contribution in [2.24, 2.45) is 5.92 Å². The van der Waals surface area contributed by atoms with Crippen LogP contribution >= 0.6 is 0 Å². The van der Waals surface area contributed by atoms with Gasteiger partial charge in [0, 0.05) is 34.9 Å². The Morgan fingerprint density at radius 1 is 1.33 bits per heavy atom. The number of likely N-dealkylation sites (tertiary alicyclic amines) is 1. The summed E-state index contributed by atoms with van der Waals surface area (Å²) < 4.78 is 11.2. The van der Waals surface area contributed by atoms with Gasteiger partial charge in [0.05, 0.1) is 0 Å². The van der Waals surface area contributed by atoms with Crippen molar-refractivity contribution in [1.82, 2.24) is 10.2 Å². The first-order valence-electron chi connectivity index (χ1n) is 7.31. The van der Waals surface area contributed by atoms with E-state index in [1.807, 2.05) is 0 Å². The maximum atomic E-state index is 11.2. The molecular weight excluding hydrogens is 244 g/mol. The summed E-state index contributed by atoms with van der Waals surface area (Å²) in [6.07, 6.45) is 5.65. The average molecular weight is 274 g/mol. The number of piperidine rings is 1. The van der Waals surface area contributed by atoms with Crippen molar-refractivity contribution in [2.75, 3.05) is 31.6 Å². The maximum Gasteiger partial charge on any atom is 0.0383 e. The molecule has 4 heteroatoms. The Balaban J connectivity index is 2.27. The summed E-state index contributed by atoms with van der Waals surface area (Å²) in [6, 6.07) is 0.909. The van der Waals surface area contributed by atoms with Gasteiger partial charge in [0.15, 0.2) is 0 Å². The molecule has 0 amide bonds. The molecule has 1 saturated heterocycles. The molecule has 1 heterocycles. The summed E-state index contributed by atoms with van der Waals surface area (Å²) in [7, 11) is -0.696. The minimum Gasteiger partial charge on any atom is -0.311 e. The number of nitrogens with one attached hydrogen (secondary N) is 1. The van der Waals surface area contributed by atoms with Gasteiger partial charge in [0.2, 0.25) is 0 Å². The van der Waals surface area contributed by atoms with E-state index < -0.39 is 10.8 Å². The van der Waals surface area contributed by atoms with Crippen LogP contribution in [0.2, 0.25) is 0 Å². The van der Waals surface area contributed by atoms with Crippen LogP contribution in [0.15, 0.2) is 0 Å². The van der Waals surface area contributed by atoms with E-state index in [1.165, 1.54) is 38.9 Å². The summed E-state index contributed by atoms with van der Waals surface area (Å²) in [5.41, 5.74) is 0. The first-order valence-corrected chi connectivity index (χ1v) is 9.04. The Bertz CT molecular complexity index is 252. The zero-order chi connectivity index (χ0) is 13.5. The highest BCUT2D eigenvalue weighted by Crippen LogP contribution is 2.21. The molecule has 0 saturated carbocycles. The van der Waals surface area contributed by atoms with Crippen LogP contribution in [0.25, 0.3) is 0 Å². The molecule has 0 aromatic carbocycles. The van der Waals surface area contributed by atoms with E-state index in [0.29, 0.717) is 12.1 Å². The quantitative estimate of drug-likeness (QED) is 0.769. The van der Waals surface area contributed by atoms with E-state index in [0.717, 1.165) is 11.7 Å². The van der Waals surface area contributed by atoms with Crippen molar-refractivity contribution in [1.29, 1.82) is 0 Å². The predicted octanol–water partition coefficient (Wildman–Crippen LogP) is 1.85. The third-order valence-corrected chi connectivity index (χ3v) is 4.88. The molecule has 18 heavy (non-hydrogen) atoms. The Morgan fingerprint density at radius 2 is 1.94 bits per heavy atom. The first-order chi connectivity index (χ1) is 8.52. The fourth-order valence-corrected chi connectivity index (χ4v) is 3.78. The van der Waals surface area contributed by atoms with Gasteiger partial charge in [-0.05, 0) is 58.7 Å². The Morgan fingerprint density at radius 3 is 2.44 bits per heavy atom. The van der Waals surface area contributed by atoms with Gasteiger partial charge in [-0.15, -0.1) is 0 Å². The smallest absolute Gasteiger partial charge is 0.0383 e. The fraction of sp³-hybridized carbons (Fsp3) is 1.00. The van der Waals surface area contributed by atoms with E-state index in [-0.39, 0.29) is 0 Å². The van der Waals surface area contributed by atoms with Crippen molar-refractivity contribution in [3.8, 4) is 0 Å². The molecule has 0 aromatic rings. The Kier molecular flexibility index (Phi) is 7.42. The molecule has 0 bridgehead atoms. The number of hydrogen-bond donors (Lipinski definition) is 1. The molecule has 1 aliphatic heterocycles. The fourth-order valence-electron chi connectivity index (χ4n) is 2.98. The normalized spacial score (nSPS) is 23.8. The predicted molar refractivity (Wildman–Crippen MR) is 80.4 cm³/mol. The standard InChI is InChI=1S/C14H30N2OS/c1-5-8-16-9-6-14(7-10-16)13(3)15-12(2)11-18(4)17/h12-15H,5-11H2,1-4H3. The molecule has 0 spiro atoms. The topological polar surface area (TPSA) is 32.3 Å². The van der Waals surface area contributed by atoms with Gasteiger partial charge < -0.3 is 10.2 Å². The van der Waals surface area contributed by atoms with E-state index >= 15 is 0 Å².